The number of rotatable bonds is 2. The lowest BCUT2D eigenvalue weighted by Gasteiger charge is -2.11. The summed E-state index contributed by atoms with van der Waals surface area (Å²) in [7, 11) is 0. The molecule has 3 aromatic rings. The predicted molar refractivity (Wildman–Crippen MR) is 91.1 cm³/mol. The number of hydrogen-bond acceptors (Lipinski definition) is 3. The zero-order chi connectivity index (χ0) is 15.9. The Morgan fingerprint density at radius 2 is 1.86 bits per heavy atom. The number of pyridine rings is 1. The molecule has 2 N–H and O–H groups in total. The lowest BCUT2D eigenvalue weighted by Crippen LogP contribution is -2.21. The monoisotopic (exact) mass is 312 g/mol. The average Bonchev–Trinajstić information content (AvgIpc) is 2.94. The molecule has 0 fully saturated rings. The highest BCUT2D eigenvalue weighted by atomic mass is 32.1. The molecule has 4 nitrogen and oxygen atoms in total. The Hall–Kier alpha value is -2.40. The minimum Gasteiger partial charge on any atom is -0.359 e. The molecule has 0 spiro atoms. The number of amides is 1. The van der Waals surface area contributed by atoms with E-state index in [0.717, 1.165) is 22.3 Å². The molecule has 0 aliphatic rings. The highest BCUT2D eigenvalue weighted by Gasteiger charge is 2.15. The molecule has 2 aromatic heterocycles. The number of carbonyl (C=O) groups excluding carboxylic acids is 1. The van der Waals surface area contributed by atoms with E-state index in [9.17, 15) is 9.59 Å². The average molecular weight is 312 g/mol. The van der Waals surface area contributed by atoms with Gasteiger partial charge in [0.1, 0.15) is 5.56 Å². The summed E-state index contributed by atoms with van der Waals surface area (Å²) in [5, 5.41) is 4.67. The maximum atomic E-state index is 12.4. The van der Waals surface area contributed by atoms with Crippen molar-refractivity contribution in [3.05, 3.63) is 62.3 Å². The molecule has 0 radical (unpaired) electrons. The van der Waals surface area contributed by atoms with E-state index in [1.165, 1.54) is 23.1 Å². The third-order valence-corrected chi connectivity index (χ3v) is 4.73. The lowest BCUT2D eigenvalue weighted by molar-refractivity contribution is 0.102. The lowest BCUT2D eigenvalue weighted by atomic mass is 10.0. The highest BCUT2D eigenvalue weighted by Crippen LogP contribution is 2.21. The van der Waals surface area contributed by atoms with E-state index in [2.05, 4.69) is 10.3 Å². The number of benzene rings is 1. The fraction of sp³-hybridized carbons (Fsp3) is 0.176. The number of hydrogen-bond donors (Lipinski definition) is 2. The smallest absolute Gasteiger partial charge is 0.261 e. The summed E-state index contributed by atoms with van der Waals surface area (Å²) in [5.74, 6) is -0.386. The zero-order valence-corrected chi connectivity index (χ0v) is 13.4. The summed E-state index contributed by atoms with van der Waals surface area (Å²) >= 11 is 1.34. The third-order valence-electron chi connectivity index (χ3n) is 3.82. The van der Waals surface area contributed by atoms with Crippen LogP contribution in [0.1, 0.15) is 27.0 Å². The Morgan fingerprint density at radius 3 is 2.64 bits per heavy atom. The molecule has 0 atom stereocenters. The van der Waals surface area contributed by atoms with E-state index in [0.29, 0.717) is 4.70 Å². The van der Waals surface area contributed by atoms with Crippen LogP contribution in [0.2, 0.25) is 0 Å². The number of carbonyl (C=O) groups is 1. The number of aromatic amines is 1. The van der Waals surface area contributed by atoms with Crippen LogP contribution in [0, 0.1) is 20.8 Å². The van der Waals surface area contributed by atoms with Crippen molar-refractivity contribution in [1.82, 2.24) is 4.98 Å². The molecule has 22 heavy (non-hydrogen) atoms. The summed E-state index contributed by atoms with van der Waals surface area (Å²) in [6, 6.07) is 5.79. The molecule has 0 saturated heterocycles. The fourth-order valence-corrected chi connectivity index (χ4v) is 3.20. The standard InChI is InChI=1S/C17H16N2O2S/c1-9-6-11(3)14(7-10(9)2)19-17(21)12-8-18-13-4-5-22-16(13)15(12)20/h4-8H,1-3H3,(H,18,20)(H,19,21). The second kappa shape index (κ2) is 5.42. The summed E-state index contributed by atoms with van der Waals surface area (Å²) < 4.78 is 0.574. The Labute approximate surface area is 131 Å². The molecule has 1 aromatic carbocycles. The predicted octanol–water partition coefficient (Wildman–Crippen LogP) is 3.77. The van der Waals surface area contributed by atoms with Crippen molar-refractivity contribution >= 4 is 33.1 Å². The highest BCUT2D eigenvalue weighted by molar-refractivity contribution is 7.17. The van der Waals surface area contributed by atoms with Crippen LogP contribution in [-0.2, 0) is 0 Å². The fourth-order valence-electron chi connectivity index (χ4n) is 2.39. The van der Waals surface area contributed by atoms with E-state index in [4.69, 9.17) is 0 Å². The van der Waals surface area contributed by atoms with Crippen LogP contribution in [-0.4, -0.2) is 10.9 Å². The van der Waals surface area contributed by atoms with Crippen molar-refractivity contribution < 1.29 is 4.79 Å². The maximum Gasteiger partial charge on any atom is 0.261 e. The SMILES string of the molecule is Cc1cc(C)c(NC(=O)c2c[nH]c3ccsc3c2=O)cc1C. The summed E-state index contributed by atoms with van der Waals surface area (Å²) in [6.07, 6.45) is 1.48. The van der Waals surface area contributed by atoms with Crippen LogP contribution in [0.15, 0.2) is 34.6 Å². The number of fused-ring (bicyclic) bond motifs is 1. The molecular weight excluding hydrogens is 296 g/mol. The quantitative estimate of drug-likeness (QED) is 0.756. The molecule has 2 heterocycles. The Morgan fingerprint density at radius 1 is 1.14 bits per heavy atom. The van der Waals surface area contributed by atoms with Crippen LogP contribution in [0.4, 0.5) is 5.69 Å². The minimum absolute atomic E-state index is 0.132. The van der Waals surface area contributed by atoms with Crippen LogP contribution >= 0.6 is 11.3 Å². The normalized spacial score (nSPS) is 10.9. The topological polar surface area (TPSA) is 62.0 Å². The van der Waals surface area contributed by atoms with E-state index in [-0.39, 0.29) is 16.9 Å². The summed E-state index contributed by atoms with van der Waals surface area (Å²) in [5.41, 5.74) is 4.64. The van der Waals surface area contributed by atoms with Crippen molar-refractivity contribution in [2.45, 2.75) is 20.8 Å². The van der Waals surface area contributed by atoms with Gasteiger partial charge in [-0.2, -0.15) is 0 Å². The van der Waals surface area contributed by atoms with Gasteiger partial charge in [-0.25, -0.2) is 0 Å². The minimum atomic E-state index is -0.386. The first-order chi connectivity index (χ1) is 10.5. The van der Waals surface area contributed by atoms with E-state index >= 15 is 0 Å². The molecule has 0 aliphatic carbocycles. The Bertz CT molecular complexity index is 937. The number of nitrogens with one attached hydrogen (secondary N) is 2. The maximum absolute atomic E-state index is 12.4. The first-order valence-corrected chi connectivity index (χ1v) is 7.83. The van der Waals surface area contributed by atoms with E-state index < -0.39 is 0 Å². The van der Waals surface area contributed by atoms with Crippen molar-refractivity contribution in [1.29, 1.82) is 0 Å². The summed E-state index contributed by atoms with van der Waals surface area (Å²) in [6.45, 7) is 5.97. The van der Waals surface area contributed by atoms with Crippen LogP contribution in [0.25, 0.3) is 10.2 Å². The number of aryl methyl sites for hydroxylation is 3. The van der Waals surface area contributed by atoms with Gasteiger partial charge in [-0.05, 0) is 55.0 Å². The van der Waals surface area contributed by atoms with Gasteiger partial charge in [-0.15, -0.1) is 11.3 Å². The Balaban J connectivity index is 1.98. The second-order valence-corrected chi connectivity index (χ2v) is 6.32. The van der Waals surface area contributed by atoms with Crippen LogP contribution in [0.3, 0.4) is 0 Å². The van der Waals surface area contributed by atoms with Gasteiger partial charge in [0.2, 0.25) is 5.43 Å². The van der Waals surface area contributed by atoms with Crippen molar-refractivity contribution in [2.24, 2.45) is 0 Å². The van der Waals surface area contributed by atoms with Gasteiger partial charge < -0.3 is 10.3 Å². The molecule has 0 saturated carbocycles. The molecule has 1 amide bonds. The molecule has 5 heteroatoms. The van der Waals surface area contributed by atoms with Gasteiger partial charge in [0.05, 0.1) is 10.2 Å². The largest absolute Gasteiger partial charge is 0.359 e. The molecular formula is C17H16N2O2S. The number of aromatic nitrogens is 1. The summed E-state index contributed by atoms with van der Waals surface area (Å²) in [4.78, 5) is 27.8. The van der Waals surface area contributed by atoms with Gasteiger partial charge in [-0.1, -0.05) is 6.07 Å². The van der Waals surface area contributed by atoms with Gasteiger partial charge in [0.15, 0.2) is 0 Å². The molecule has 3 rings (SSSR count). The van der Waals surface area contributed by atoms with E-state index in [1.807, 2.05) is 44.4 Å². The first kappa shape index (κ1) is 14.5. The second-order valence-electron chi connectivity index (χ2n) is 5.40. The molecule has 112 valence electrons. The van der Waals surface area contributed by atoms with Gasteiger partial charge >= 0.3 is 0 Å². The number of H-pyrrole nitrogens is 1. The van der Waals surface area contributed by atoms with Crippen molar-refractivity contribution in [2.75, 3.05) is 5.32 Å². The third kappa shape index (κ3) is 2.44. The molecule has 0 unspecified atom stereocenters. The van der Waals surface area contributed by atoms with Gasteiger partial charge in [0, 0.05) is 11.9 Å². The number of thiophene rings is 1. The van der Waals surface area contributed by atoms with Crippen molar-refractivity contribution in [3.8, 4) is 0 Å². The van der Waals surface area contributed by atoms with Crippen molar-refractivity contribution in [3.63, 3.8) is 0 Å². The number of anilines is 1. The zero-order valence-electron chi connectivity index (χ0n) is 12.6. The van der Waals surface area contributed by atoms with Gasteiger partial charge in [-0.3, -0.25) is 9.59 Å². The van der Waals surface area contributed by atoms with Crippen LogP contribution < -0.4 is 10.7 Å². The Kier molecular flexibility index (Phi) is 3.58. The molecule has 0 aliphatic heterocycles. The van der Waals surface area contributed by atoms with E-state index in [1.54, 1.807) is 0 Å². The molecule has 0 bridgehead atoms. The first-order valence-electron chi connectivity index (χ1n) is 6.95. The van der Waals surface area contributed by atoms with Gasteiger partial charge in [0.25, 0.3) is 5.91 Å². The van der Waals surface area contributed by atoms with Crippen LogP contribution in [0.5, 0.6) is 0 Å².